The summed E-state index contributed by atoms with van der Waals surface area (Å²) < 4.78 is 0. The topological polar surface area (TPSA) is 108 Å². The van der Waals surface area contributed by atoms with Crippen molar-refractivity contribution in [3.63, 3.8) is 0 Å². The molecule has 0 spiro atoms. The molecule has 0 unspecified atom stereocenters. The van der Waals surface area contributed by atoms with Crippen LogP contribution in [0.4, 0.5) is 0 Å². The van der Waals surface area contributed by atoms with Crippen LogP contribution >= 0.6 is 0 Å². The summed E-state index contributed by atoms with van der Waals surface area (Å²) in [6, 6.07) is 27.1. The van der Waals surface area contributed by atoms with E-state index in [-0.39, 0.29) is 60.6 Å². The second-order valence-electron chi connectivity index (χ2n) is 15.2. The molecule has 2 aliphatic carbocycles. The first-order chi connectivity index (χ1) is 25.4. The first kappa shape index (κ1) is 37.3. The van der Waals surface area contributed by atoms with E-state index in [9.17, 15) is 19.2 Å². The van der Waals surface area contributed by atoms with Crippen molar-refractivity contribution in [1.82, 2.24) is 20.9 Å². The van der Waals surface area contributed by atoms with Gasteiger partial charge in [0.05, 0.1) is 11.8 Å². The highest BCUT2D eigenvalue weighted by molar-refractivity contribution is 5.99. The lowest BCUT2D eigenvalue weighted by Gasteiger charge is -2.18. The van der Waals surface area contributed by atoms with E-state index in [0.29, 0.717) is 17.7 Å². The van der Waals surface area contributed by atoms with Gasteiger partial charge in [0.25, 0.3) is 11.8 Å². The standard InChI is InChI=1S/C44H56N4O4/c1-2-3-4-5-6-7-8-9-10-17-26-45-41(49)33-22-24-34(25-23-33)44(52)48-29-37(42(50)46-39-27-35(39)31-18-13-11-14-19-31)38(30-48)43(51)47-40-28-36(40)32-20-15-12-16-21-32/h11-16,18-25,35-40H,2-10,17,26-30H2,1H3,(H,45,49)(H,46,50)(H,47,51)/t35-,36-,37-,38-,39+,40+/m1/s1. The third-order valence-corrected chi connectivity index (χ3v) is 11.2. The average Bonchev–Trinajstić information content (AvgIpc) is 4.09. The highest BCUT2D eigenvalue weighted by atomic mass is 16.2. The van der Waals surface area contributed by atoms with E-state index < -0.39 is 11.8 Å². The van der Waals surface area contributed by atoms with Gasteiger partial charge in [-0.2, -0.15) is 0 Å². The molecule has 1 heterocycles. The number of unbranched alkanes of at least 4 members (excludes halogenated alkanes) is 9. The van der Waals surface area contributed by atoms with Crippen LogP contribution in [0.25, 0.3) is 0 Å². The first-order valence-electron chi connectivity index (χ1n) is 19.8. The van der Waals surface area contributed by atoms with Crippen molar-refractivity contribution in [3.8, 4) is 0 Å². The summed E-state index contributed by atoms with van der Waals surface area (Å²) in [5.41, 5.74) is 3.34. The van der Waals surface area contributed by atoms with Crippen LogP contribution in [0, 0.1) is 11.8 Å². The third kappa shape index (κ3) is 10.1. The molecule has 0 radical (unpaired) electrons. The summed E-state index contributed by atoms with van der Waals surface area (Å²) in [4.78, 5) is 55.7. The molecule has 1 aliphatic heterocycles. The maximum atomic E-state index is 13.8. The highest BCUT2D eigenvalue weighted by Crippen LogP contribution is 2.42. The van der Waals surface area contributed by atoms with Crippen molar-refractivity contribution >= 4 is 23.6 Å². The molecule has 4 amide bonds. The van der Waals surface area contributed by atoms with Crippen LogP contribution in [-0.2, 0) is 9.59 Å². The van der Waals surface area contributed by atoms with Gasteiger partial charge in [-0.25, -0.2) is 0 Å². The van der Waals surface area contributed by atoms with Gasteiger partial charge in [0.1, 0.15) is 0 Å². The normalized spacial score (nSPS) is 23.1. The number of hydrogen-bond donors (Lipinski definition) is 3. The zero-order valence-corrected chi connectivity index (χ0v) is 30.7. The zero-order valence-electron chi connectivity index (χ0n) is 30.7. The second kappa shape index (κ2) is 18.3. The second-order valence-corrected chi connectivity index (χ2v) is 15.2. The van der Waals surface area contributed by atoms with E-state index in [4.69, 9.17) is 0 Å². The van der Waals surface area contributed by atoms with Crippen molar-refractivity contribution in [2.75, 3.05) is 19.6 Å². The molecule has 2 saturated carbocycles. The van der Waals surface area contributed by atoms with Crippen LogP contribution < -0.4 is 16.0 Å². The van der Waals surface area contributed by atoms with E-state index in [0.717, 1.165) is 25.7 Å². The minimum Gasteiger partial charge on any atom is -0.352 e. The van der Waals surface area contributed by atoms with Crippen LogP contribution in [0.3, 0.4) is 0 Å². The van der Waals surface area contributed by atoms with E-state index in [1.807, 2.05) is 36.4 Å². The summed E-state index contributed by atoms with van der Waals surface area (Å²) in [5.74, 6) is -1.51. The molecule has 3 aromatic carbocycles. The molecule has 0 aromatic heterocycles. The Morgan fingerprint density at radius 2 is 1.02 bits per heavy atom. The van der Waals surface area contributed by atoms with Crippen LogP contribution in [0.1, 0.15) is 128 Å². The zero-order chi connectivity index (χ0) is 36.3. The lowest BCUT2D eigenvalue weighted by Crippen LogP contribution is -2.43. The molecule has 276 valence electrons. The molecule has 3 aliphatic rings. The molecule has 6 rings (SSSR count). The van der Waals surface area contributed by atoms with Crippen molar-refractivity contribution in [3.05, 3.63) is 107 Å². The molecule has 52 heavy (non-hydrogen) atoms. The van der Waals surface area contributed by atoms with Crippen LogP contribution in [0.15, 0.2) is 84.9 Å². The number of rotatable bonds is 19. The molecule has 8 heteroatoms. The molecule has 1 saturated heterocycles. The van der Waals surface area contributed by atoms with E-state index in [2.05, 4.69) is 47.1 Å². The van der Waals surface area contributed by atoms with Crippen molar-refractivity contribution in [1.29, 1.82) is 0 Å². The summed E-state index contributed by atoms with van der Waals surface area (Å²) in [7, 11) is 0. The van der Waals surface area contributed by atoms with Crippen LogP contribution in [0.5, 0.6) is 0 Å². The predicted molar refractivity (Wildman–Crippen MR) is 205 cm³/mol. The minimum absolute atomic E-state index is 0.0260. The number of hydrogen-bond acceptors (Lipinski definition) is 4. The Morgan fingerprint density at radius 3 is 1.50 bits per heavy atom. The number of carbonyl (C=O) groups excluding carboxylic acids is 4. The molecular formula is C44H56N4O4. The largest absolute Gasteiger partial charge is 0.352 e. The van der Waals surface area contributed by atoms with Gasteiger partial charge in [0.15, 0.2) is 0 Å². The van der Waals surface area contributed by atoms with E-state index >= 15 is 0 Å². The van der Waals surface area contributed by atoms with Crippen molar-refractivity contribution in [2.24, 2.45) is 11.8 Å². The summed E-state index contributed by atoms with van der Waals surface area (Å²) >= 11 is 0. The Morgan fingerprint density at radius 1 is 0.577 bits per heavy atom. The van der Waals surface area contributed by atoms with Gasteiger partial charge in [-0.15, -0.1) is 0 Å². The van der Waals surface area contributed by atoms with Crippen molar-refractivity contribution < 1.29 is 19.2 Å². The van der Waals surface area contributed by atoms with Gasteiger partial charge in [0, 0.05) is 54.7 Å². The summed E-state index contributed by atoms with van der Waals surface area (Å²) in [6.45, 7) is 3.21. The number of benzene rings is 3. The molecule has 3 aromatic rings. The lowest BCUT2D eigenvalue weighted by atomic mass is 9.94. The maximum absolute atomic E-state index is 13.8. The summed E-state index contributed by atoms with van der Waals surface area (Å²) in [5, 5.41) is 9.39. The van der Waals surface area contributed by atoms with E-state index in [1.54, 1.807) is 29.2 Å². The number of amides is 4. The Balaban J connectivity index is 1.00. The summed E-state index contributed by atoms with van der Waals surface area (Å²) in [6.07, 6.45) is 14.2. The predicted octanol–water partition coefficient (Wildman–Crippen LogP) is 7.37. The number of nitrogens with one attached hydrogen (secondary N) is 3. The molecule has 6 atom stereocenters. The highest BCUT2D eigenvalue weighted by Gasteiger charge is 2.48. The SMILES string of the molecule is CCCCCCCCCCCCNC(=O)c1ccc(C(=O)N2C[C@@H](C(=O)N[C@H]3C[C@@H]3c3ccccc3)[C@H](C(=O)N[C@H]3C[C@@H]3c3ccccc3)C2)cc1. The molecule has 3 N–H and O–H groups in total. The molecule has 3 fully saturated rings. The lowest BCUT2D eigenvalue weighted by molar-refractivity contribution is -0.133. The number of likely N-dealkylation sites (tertiary alicyclic amines) is 1. The molecular weight excluding hydrogens is 649 g/mol. The molecule has 8 nitrogen and oxygen atoms in total. The quantitative estimate of drug-likeness (QED) is 0.113. The first-order valence-corrected chi connectivity index (χ1v) is 19.8. The maximum Gasteiger partial charge on any atom is 0.253 e. The fraction of sp³-hybridized carbons (Fsp3) is 0.500. The van der Waals surface area contributed by atoms with Gasteiger partial charge in [0.2, 0.25) is 11.8 Å². The minimum atomic E-state index is -0.647. The van der Waals surface area contributed by atoms with Gasteiger partial charge in [-0.3, -0.25) is 19.2 Å². The Hall–Kier alpha value is -4.46. The van der Waals surface area contributed by atoms with Gasteiger partial charge in [-0.05, 0) is 54.7 Å². The van der Waals surface area contributed by atoms with Crippen LogP contribution in [-0.4, -0.2) is 60.2 Å². The van der Waals surface area contributed by atoms with Gasteiger partial charge < -0.3 is 20.9 Å². The third-order valence-electron chi connectivity index (χ3n) is 11.2. The van der Waals surface area contributed by atoms with Gasteiger partial charge >= 0.3 is 0 Å². The van der Waals surface area contributed by atoms with Crippen LogP contribution in [0.2, 0.25) is 0 Å². The Kier molecular flexibility index (Phi) is 13.2. The van der Waals surface area contributed by atoms with Crippen molar-refractivity contribution in [2.45, 2.75) is 108 Å². The number of nitrogens with zero attached hydrogens (tertiary/aromatic N) is 1. The average molecular weight is 705 g/mol. The monoisotopic (exact) mass is 704 g/mol. The Labute approximate surface area is 309 Å². The Bertz CT molecular complexity index is 1550. The fourth-order valence-electron chi connectivity index (χ4n) is 7.79. The van der Waals surface area contributed by atoms with E-state index in [1.165, 1.54) is 62.5 Å². The van der Waals surface area contributed by atoms with Gasteiger partial charge in [-0.1, -0.05) is 125 Å². The molecule has 0 bridgehead atoms. The smallest absolute Gasteiger partial charge is 0.253 e. The fourth-order valence-corrected chi connectivity index (χ4v) is 7.79. The number of carbonyl (C=O) groups is 4.